The summed E-state index contributed by atoms with van der Waals surface area (Å²) in [7, 11) is -0.371. The Bertz CT molecular complexity index is 500. The van der Waals surface area contributed by atoms with Gasteiger partial charge in [-0.05, 0) is 19.0 Å². The van der Waals surface area contributed by atoms with E-state index in [9.17, 15) is 8.42 Å². The molecule has 1 aromatic rings. The first kappa shape index (κ1) is 16.2. The lowest BCUT2D eigenvalue weighted by Crippen LogP contribution is -2.38. The number of ether oxygens (including phenoxy) is 1. The van der Waals surface area contributed by atoms with E-state index in [1.807, 2.05) is 0 Å². The molecule has 1 saturated heterocycles. The third-order valence-electron chi connectivity index (χ3n) is 3.14. The summed E-state index contributed by atoms with van der Waals surface area (Å²) in [6, 6.07) is 3.07. The molecule has 1 aliphatic rings. The Morgan fingerprint density at radius 2 is 2.21 bits per heavy atom. The maximum absolute atomic E-state index is 12.3. The van der Waals surface area contributed by atoms with Crippen LogP contribution in [0.15, 0.2) is 23.2 Å². The second kappa shape index (κ2) is 6.51. The van der Waals surface area contributed by atoms with Gasteiger partial charge in [-0.15, -0.1) is 12.4 Å². The Kier molecular flexibility index (Phi) is 5.54. The van der Waals surface area contributed by atoms with Crippen molar-refractivity contribution in [1.29, 1.82) is 0 Å². The summed E-state index contributed by atoms with van der Waals surface area (Å²) in [5, 5.41) is 3.15. The molecule has 6 nitrogen and oxygen atoms in total. The van der Waals surface area contributed by atoms with Crippen molar-refractivity contribution in [1.82, 2.24) is 14.6 Å². The number of nitrogens with one attached hydrogen (secondary N) is 1. The molecule has 8 heteroatoms. The molecule has 0 aliphatic carbocycles. The van der Waals surface area contributed by atoms with Gasteiger partial charge in [0.15, 0.2) is 0 Å². The molecule has 0 aromatic carbocycles. The highest BCUT2D eigenvalue weighted by Crippen LogP contribution is 2.19. The van der Waals surface area contributed by atoms with Crippen LogP contribution in [0.25, 0.3) is 0 Å². The van der Waals surface area contributed by atoms with Crippen molar-refractivity contribution in [2.75, 3.05) is 27.2 Å². The predicted molar refractivity (Wildman–Crippen MR) is 74.3 cm³/mol. The largest absolute Gasteiger partial charge is 0.481 e. The zero-order chi connectivity index (χ0) is 13.2. The van der Waals surface area contributed by atoms with E-state index in [1.54, 1.807) is 13.1 Å². The first-order chi connectivity index (χ1) is 8.55. The molecule has 2 heterocycles. The summed E-state index contributed by atoms with van der Waals surface area (Å²) < 4.78 is 31.0. The third kappa shape index (κ3) is 3.36. The molecule has 1 unspecified atom stereocenters. The standard InChI is InChI=1S/C11H17N3O3S.ClH/c1-14(9-5-6-12-7-9)18(15,16)10-3-4-11(17-2)13-8-10;/h3-4,8-9,12H,5-7H2,1-2H3;1H. The lowest BCUT2D eigenvalue weighted by Gasteiger charge is -2.22. The number of aromatic nitrogens is 1. The Labute approximate surface area is 119 Å². The van der Waals surface area contributed by atoms with E-state index in [-0.39, 0.29) is 23.3 Å². The quantitative estimate of drug-likeness (QED) is 0.877. The van der Waals surface area contributed by atoms with Crippen LogP contribution in [0, 0.1) is 0 Å². The van der Waals surface area contributed by atoms with Crippen molar-refractivity contribution in [3.8, 4) is 5.88 Å². The SMILES string of the molecule is COc1ccc(S(=O)(=O)N(C)C2CCNC2)cn1.Cl. The lowest BCUT2D eigenvalue weighted by molar-refractivity contribution is 0.385. The minimum atomic E-state index is -3.47. The normalized spacial score (nSPS) is 19.2. The molecule has 1 aromatic heterocycles. The molecule has 0 bridgehead atoms. The van der Waals surface area contributed by atoms with Crippen molar-refractivity contribution >= 4 is 22.4 Å². The van der Waals surface area contributed by atoms with Crippen LogP contribution in [0.5, 0.6) is 5.88 Å². The number of pyridine rings is 1. The fourth-order valence-electron chi connectivity index (χ4n) is 1.95. The Morgan fingerprint density at radius 1 is 1.47 bits per heavy atom. The van der Waals surface area contributed by atoms with E-state index < -0.39 is 10.0 Å². The van der Waals surface area contributed by atoms with Crippen LogP contribution in [0.2, 0.25) is 0 Å². The molecule has 1 N–H and O–H groups in total. The van der Waals surface area contributed by atoms with Gasteiger partial charge in [-0.3, -0.25) is 0 Å². The average Bonchev–Trinajstić information content (AvgIpc) is 2.91. The van der Waals surface area contributed by atoms with E-state index in [2.05, 4.69) is 10.3 Å². The number of halogens is 1. The molecular weight excluding hydrogens is 290 g/mol. The molecular formula is C11H18ClN3O3S. The molecule has 2 rings (SSSR count). The lowest BCUT2D eigenvalue weighted by atomic mass is 10.3. The molecule has 0 amide bonds. The molecule has 0 spiro atoms. The van der Waals surface area contributed by atoms with Gasteiger partial charge in [0.25, 0.3) is 0 Å². The van der Waals surface area contributed by atoms with E-state index in [1.165, 1.54) is 23.7 Å². The molecule has 19 heavy (non-hydrogen) atoms. The smallest absolute Gasteiger partial charge is 0.244 e. The molecule has 1 atom stereocenters. The fraction of sp³-hybridized carbons (Fsp3) is 0.545. The van der Waals surface area contributed by atoms with Gasteiger partial charge in [-0.25, -0.2) is 13.4 Å². The Morgan fingerprint density at radius 3 is 2.68 bits per heavy atom. The second-order valence-electron chi connectivity index (χ2n) is 4.20. The maximum Gasteiger partial charge on any atom is 0.244 e. The number of methoxy groups -OCH3 is 1. The molecule has 1 aliphatic heterocycles. The van der Waals surface area contributed by atoms with Gasteiger partial charge in [-0.1, -0.05) is 0 Å². The summed E-state index contributed by atoms with van der Waals surface area (Å²) in [6.07, 6.45) is 2.16. The van der Waals surface area contributed by atoms with Crippen molar-refractivity contribution in [3.63, 3.8) is 0 Å². The summed E-state index contributed by atoms with van der Waals surface area (Å²) in [4.78, 5) is 4.12. The van der Waals surface area contributed by atoms with Crippen LogP contribution in [0.1, 0.15) is 6.42 Å². The minimum Gasteiger partial charge on any atom is -0.481 e. The zero-order valence-electron chi connectivity index (χ0n) is 10.9. The Hall–Kier alpha value is -0.890. The summed E-state index contributed by atoms with van der Waals surface area (Å²) in [5.74, 6) is 0.402. The zero-order valence-corrected chi connectivity index (χ0v) is 12.5. The van der Waals surface area contributed by atoms with Crippen LogP contribution in [0.4, 0.5) is 0 Å². The number of hydrogen-bond acceptors (Lipinski definition) is 5. The summed E-state index contributed by atoms with van der Waals surface area (Å²) in [6.45, 7) is 1.55. The Balaban J connectivity index is 0.00000180. The van der Waals surface area contributed by atoms with Crippen molar-refractivity contribution < 1.29 is 13.2 Å². The van der Waals surface area contributed by atoms with Crippen molar-refractivity contribution in [3.05, 3.63) is 18.3 Å². The van der Waals surface area contributed by atoms with Gasteiger partial charge < -0.3 is 10.1 Å². The number of rotatable bonds is 4. The van der Waals surface area contributed by atoms with E-state index >= 15 is 0 Å². The first-order valence-corrected chi connectivity index (χ1v) is 7.18. The highest BCUT2D eigenvalue weighted by molar-refractivity contribution is 7.89. The van der Waals surface area contributed by atoms with Crippen LogP contribution >= 0.6 is 12.4 Å². The first-order valence-electron chi connectivity index (χ1n) is 5.74. The van der Waals surface area contributed by atoms with E-state index in [0.717, 1.165) is 13.0 Å². The fourth-order valence-corrected chi connectivity index (χ4v) is 3.28. The topological polar surface area (TPSA) is 71.5 Å². The van der Waals surface area contributed by atoms with Gasteiger partial charge in [0.1, 0.15) is 4.90 Å². The van der Waals surface area contributed by atoms with Crippen LogP contribution in [-0.4, -0.2) is 51.0 Å². The molecule has 0 saturated carbocycles. The van der Waals surface area contributed by atoms with Gasteiger partial charge in [-0.2, -0.15) is 4.31 Å². The van der Waals surface area contributed by atoms with Crippen LogP contribution in [-0.2, 0) is 10.0 Å². The number of hydrogen-bond donors (Lipinski definition) is 1. The van der Waals surface area contributed by atoms with Crippen LogP contribution < -0.4 is 10.1 Å². The van der Waals surface area contributed by atoms with Gasteiger partial charge in [0.05, 0.1) is 13.3 Å². The van der Waals surface area contributed by atoms with E-state index in [0.29, 0.717) is 12.4 Å². The molecule has 0 radical (unpaired) electrons. The van der Waals surface area contributed by atoms with Gasteiger partial charge >= 0.3 is 0 Å². The summed E-state index contributed by atoms with van der Waals surface area (Å²) >= 11 is 0. The van der Waals surface area contributed by atoms with Gasteiger partial charge in [0.2, 0.25) is 15.9 Å². The monoisotopic (exact) mass is 307 g/mol. The van der Waals surface area contributed by atoms with E-state index in [4.69, 9.17) is 4.74 Å². The average molecular weight is 308 g/mol. The van der Waals surface area contributed by atoms with Crippen LogP contribution in [0.3, 0.4) is 0 Å². The van der Waals surface area contributed by atoms with Crippen molar-refractivity contribution in [2.45, 2.75) is 17.4 Å². The summed E-state index contributed by atoms with van der Waals surface area (Å²) in [5.41, 5.74) is 0. The predicted octanol–water partition coefficient (Wildman–Crippen LogP) is 0.494. The highest BCUT2D eigenvalue weighted by atomic mass is 35.5. The van der Waals surface area contributed by atoms with Crippen molar-refractivity contribution in [2.24, 2.45) is 0 Å². The number of likely N-dealkylation sites (N-methyl/N-ethyl adjacent to an activating group) is 1. The highest BCUT2D eigenvalue weighted by Gasteiger charge is 2.30. The molecule has 108 valence electrons. The molecule has 1 fully saturated rings. The maximum atomic E-state index is 12.3. The number of nitrogens with zero attached hydrogens (tertiary/aromatic N) is 2. The van der Waals surface area contributed by atoms with Gasteiger partial charge in [0, 0.05) is 25.7 Å². The second-order valence-corrected chi connectivity index (χ2v) is 6.20. The number of sulfonamides is 1. The third-order valence-corrected chi connectivity index (χ3v) is 5.04. The minimum absolute atomic E-state index is 0.